The van der Waals surface area contributed by atoms with Crippen LogP contribution in [0.3, 0.4) is 0 Å². The van der Waals surface area contributed by atoms with E-state index in [-0.39, 0.29) is 0 Å². The molecule has 5 aromatic rings. The molecule has 0 aliphatic rings. The Morgan fingerprint density at radius 2 is 1.73 bits per heavy atom. The summed E-state index contributed by atoms with van der Waals surface area (Å²) in [7, 11) is 0. The van der Waals surface area contributed by atoms with Gasteiger partial charge in [0.1, 0.15) is 10.4 Å². The van der Waals surface area contributed by atoms with Gasteiger partial charge < -0.3 is 4.98 Å². The van der Waals surface area contributed by atoms with Gasteiger partial charge in [-0.25, -0.2) is 9.97 Å². The van der Waals surface area contributed by atoms with Crippen LogP contribution < -0.4 is 0 Å². The Morgan fingerprint density at radius 3 is 2.60 bits per heavy atom. The molecule has 0 spiro atoms. The summed E-state index contributed by atoms with van der Waals surface area (Å²) in [5.41, 5.74) is 5.82. The molecule has 146 valence electrons. The molecule has 0 radical (unpaired) electrons. The van der Waals surface area contributed by atoms with Crippen LogP contribution in [0.2, 0.25) is 0 Å². The summed E-state index contributed by atoms with van der Waals surface area (Å²) in [6.45, 7) is 0. The maximum absolute atomic E-state index is 4.97. The van der Waals surface area contributed by atoms with Crippen LogP contribution in [0.1, 0.15) is 11.4 Å². The van der Waals surface area contributed by atoms with E-state index in [1.165, 1.54) is 5.56 Å². The van der Waals surface area contributed by atoms with Gasteiger partial charge in [0.25, 0.3) is 0 Å². The number of pyridine rings is 2. The largest absolute Gasteiger partial charge is 0.340 e. The van der Waals surface area contributed by atoms with Crippen LogP contribution >= 0.6 is 31.9 Å². The molecule has 5 rings (SSSR count). The number of nitrogens with one attached hydrogen (secondary N) is 1. The molecule has 0 saturated carbocycles. The van der Waals surface area contributed by atoms with Crippen molar-refractivity contribution in [3.63, 3.8) is 0 Å². The molecule has 0 bridgehead atoms. The standard InChI is InChI=1S/C24H16Br2N4/c25-18-6-1-4-15(12-18)13-22-29-23(24(30-22)20-7-2-8-21(26)28-20)17-9-10-19-16(14-17)5-3-11-27-19/h1-12,14H,13H2,(H,29,30). The molecular weight excluding hydrogens is 504 g/mol. The van der Waals surface area contributed by atoms with E-state index in [1.54, 1.807) is 0 Å². The molecule has 30 heavy (non-hydrogen) atoms. The minimum absolute atomic E-state index is 0.704. The van der Waals surface area contributed by atoms with Crippen LogP contribution in [0.25, 0.3) is 33.5 Å². The number of aromatic amines is 1. The summed E-state index contributed by atoms with van der Waals surface area (Å²) in [6.07, 6.45) is 2.51. The monoisotopic (exact) mass is 518 g/mol. The quantitative estimate of drug-likeness (QED) is 0.265. The van der Waals surface area contributed by atoms with E-state index in [0.29, 0.717) is 6.42 Å². The fourth-order valence-corrected chi connectivity index (χ4v) is 4.30. The lowest BCUT2D eigenvalue weighted by molar-refractivity contribution is 1.03. The number of imidazole rings is 1. The minimum atomic E-state index is 0.704. The number of rotatable bonds is 4. The second-order valence-electron chi connectivity index (χ2n) is 6.97. The molecule has 1 N–H and O–H groups in total. The van der Waals surface area contributed by atoms with Gasteiger partial charge >= 0.3 is 0 Å². The molecule has 0 amide bonds. The third-order valence-corrected chi connectivity index (χ3v) is 5.80. The lowest BCUT2D eigenvalue weighted by Crippen LogP contribution is -1.91. The van der Waals surface area contributed by atoms with Gasteiger partial charge in [0.2, 0.25) is 0 Å². The van der Waals surface area contributed by atoms with E-state index in [9.17, 15) is 0 Å². The van der Waals surface area contributed by atoms with Crippen molar-refractivity contribution in [2.24, 2.45) is 0 Å². The highest BCUT2D eigenvalue weighted by Gasteiger charge is 2.16. The lowest BCUT2D eigenvalue weighted by atomic mass is 10.1. The van der Waals surface area contributed by atoms with E-state index < -0.39 is 0 Å². The van der Waals surface area contributed by atoms with Gasteiger partial charge in [-0.15, -0.1) is 0 Å². The van der Waals surface area contributed by atoms with Crippen LogP contribution in [0.5, 0.6) is 0 Å². The zero-order chi connectivity index (χ0) is 20.5. The maximum Gasteiger partial charge on any atom is 0.111 e. The molecule has 6 heteroatoms. The van der Waals surface area contributed by atoms with Crippen LogP contribution in [0.15, 0.2) is 88.1 Å². The number of hydrogen-bond acceptors (Lipinski definition) is 3. The van der Waals surface area contributed by atoms with Crippen LogP contribution in [-0.2, 0) is 6.42 Å². The third-order valence-electron chi connectivity index (χ3n) is 4.86. The number of halogens is 2. The molecule has 2 aromatic carbocycles. The van der Waals surface area contributed by atoms with Gasteiger partial charge in [-0.3, -0.25) is 4.98 Å². The van der Waals surface area contributed by atoms with Crippen LogP contribution in [0.4, 0.5) is 0 Å². The molecule has 0 aliphatic heterocycles. The Balaban J connectivity index is 1.64. The molecular formula is C24H16Br2N4. The van der Waals surface area contributed by atoms with E-state index in [4.69, 9.17) is 4.98 Å². The molecule has 0 unspecified atom stereocenters. The van der Waals surface area contributed by atoms with Gasteiger partial charge in [0, 0.05) is 28.0 Å². The van der Waals surface area contributed by atoms with Crippen molar-refractivity contribution in [2.45, 2.75) is 6.42 Å². The fourth-order valence-electron chi connectivity index (χ4n) is 3.51. The average molecular weight is 520 g/mol. The first-order valence-corrected chi connectivity index (χ1v) is 11.1. The summed E-state index contributed by atoms with van der Waals surface area (Å²) in [5, 5.41) is 1.08. The van der Waals surface area contributed by atoms with E-state index in [1.807, 2.05) is 48.7 Å². The Hall–Kier alpha value is -2.83. The second kappa shape index (κ2) is 8.13. The first-order chi connectivity index (χ1) is 14.7. The predicted molar refractivity (Wildman–Crippen MR) is 127 cm³/mol. The van der Waals surface area contributed by atoms with Crippen molar-refractivity contribution in [1.29, 1.82) is 0 Å². The zero-order valence-corrected chi connectivity index (χ0v) is 19.0. The van der Waals surface area contributed by atoms with Gasteiger partial charge in [-0.2, -0.15) is 0 Å². The van der Waals surface area contributed by atoms with Crippen molar-refractivity contribution >= 4 is 42.8 Å². The van der Waals surface area contributed by atoms with Crippen LogP contribution in [-0.4, -0.2) is 19.9 Å². The van der Waals surface area contributed by atoms with E-state index >= 15 is 0 Å². The minimum Gasteiger partial charge on any atom is -0.340 e. The molecule has 3 heterocycles. The van der Waals surface area contributed by atoms with Gasteiger partial charge in [-0.05, 0) is 64.0 Å². The summed E-state index contributed by atoms with van der Waals surface area (Å²) in [4.78, 5) is 17.6. The Labute approximate surface area is 190 Å². The number of H-pyrrole nitrogens is 1. The highest BCUT2D eigenvalue weighted by atomic mass is 79.9. The normalized spacial score (nSPS) is 11.1. The molecule has 4 nitrogen and oxygen atoms in total. The lowest BCUT2D eigenvalue weighted by Gasteiger charge is -2.04. The first-order valence-electron chi connectivity index (χ1n) is 9.47. The summed E-state index contributed by atoms with van der Waals surface area (Å²) >= 11 is 7.03. The molecule has 0 fully saturated rings. The number of fused-ring (bicyclic) bond motifs is 1. The highest BCUT2D eigenvalue weighted by molar-refractivity contribution is 9.10. The second-order valence-corrected chi connectivity index (χ2v) is 8.70. The van der Waals surface area contributed by atoms with Crippen molar-refractivity contribution in [2.75, 3.05) is 0 Å². The zero-order valence-electron chi connectivity index (χ0n) is 15.8. The van der Waals surface area contributed by atoms with Crippen molar-refractivity contribution in [3.05, 3.63) is 99.5 Å². The van der Waals surface area contributed by atoms with E-state index in [2.05, 4.69) is 77.1 Å². The summed E-state index contributed by atoms with van der Waals surface area (Å²) in [5.74, 6) is 0.895. The SMILES string of the molecule is Brc1cccc(Cc2nc(-c3ccc4ncccc4c3)c(-c3cccc(Br)n3)[nH]2)c1. The maximum atomic E-state index is 4.97. The summed E-state index contributed by atoms with van der Waals surface area (Å²) < 4.78 is 1.85. The number of aromatic nitrogens is 4. The van der Waals surface area contributed by atoms with Gasteiger partial charge in [0.15, 0.2) is 0 Å². The van der Waals surface area contributed by atoms with Gasteiger partial charge in [0.05, 0.1) is 22.6 Å². The smallest absolute Gasteiger partial charge is 0.111 e. The molecule has 0 atom stereocenters. The van der Waals surface area contributed by atoms with Crippen molar-refractivity contribution < 1.29 is 0 Å². The third kappa shape index (κ3) is 3.93. The highest BCUT2D eigenvalue weighted by Crippen LogP contribution is 2.32. The first kappa shape index (κ1) is 19.2. The topological polar surface area (TPSA) is 54.5 Å². The number of nitrogens with zero attached hydrogens (tertiary/aromatic N) is 3. The Kier molecular flexibility index (Phi) is 5.19. The van der Waals surface area contributed by atoms with Crippen LogP contribution in [0, 0.1) is 0 Å². The average Bonchev–Trinajstić information content (AvgIpc) is 3.17. The van der Waals surface area contributed by atoms with E-state index in [0.717, 1.165) is 48.4 Å². The summed E-state index contributed by atoms with van der Waals surface area (Å²) in [6, 6.07) is 24.4. The number of benzene rings is 2. The fraction of sp³-hybridized carbons (Fsp3) is 0.0417. The molecule has 0 saturated heterocycles. The number of hydrogen-bond donors (Lipinski definition) is 1. The Morgan fingerprint density at radius 1 is 0.833 bits per heavy atom. The molecule has 3 aromatic heterocycles. The van der Waals surface area contributed by atoms with Crippen molar-refractivity contribution in [1.82, 2.24) is 19.9 Å². The Bertz CT molecular complexity index is 1360. The van der Waals surface area contributed by atoms with Gasteiger partial charge in [-0.1, -0.05) is 46.3 Å². The van der Waals surface area contributed by atoms with Crippen molar-refractivity contribution in [3.8, 4) is 22.6 Å². The molecule has 0 aliphatic carbocycles. The predicted octanol–water partition coefficient (Wildman–Crippen LogP) is 6.80.